The van der Waals surface area contributed by atoms with Gasteiger partial charge >= 0.3 is 5.97 Å². The van der Waals surface area contributed by atoms with Crippen molar-refractivity contribution in [2.45, 2.75) is 30.9 Å². The fourth-order valence-electron chi connectivity index (χ4n) is 2.71. The molecule has 1 saturated heterocycles. The van der Waals surface area contributed by atoms with Gasteiger partial charge in [-0.15, -0.1) is 0 Å². The predicted octanol–water partition coefficient (Wildman–Crippen LogP) is -0.463. The van der Waals surface area contributed by atoms with Gasteiger partial charge in [0.05, 0.1) is 28.5 Å². The summed E-state index contributed by atoms with van der Waals surface area (Å²) in [5, 5.41) is 19.0. The summed E-state index contributed by atoms with van der Waals surface area (Å²) in [4.78, 5) is 11.0. The van der Waals surface area contributed by atoms with Gasteiger partial charge in [0, 0.05) is 0 Å². The van der Waals surface area contributed by atoms with E-state index in [9.17, 15) is 26.7 Å². The van der Waals surface area contributed by atoms with Crippen molar-refractivity contribution in [3.05, 3.63) is 29.3 Å². The number of nitrogens with zero attached hydrogens (tertiary/aromatic N) is 1. The summed E-state index contributed by atoms with van der Waals surface area (Å²) in [7, 11) is -7.92. The van der Waals surface area contributed by atoms with E-state index in [-0.39, 0.29) is 4.90 Å². The highest BCUT2D eigenvalue weighted by molar-refractivity contribution is 7.92. The molecule has 0 amide bonds. The van der Waals surface area contributed by atoms with Crippen molar-refractivity contribution in [1.82, 2.24) is 4.31 Å². The Balaban J connectivity index is 2.55. The number of hydrogen-bond acceptors (Lipinski definition) is 6. The summed E-state index contributed by atoms with van der Waals surface area (Å²) < 4.78 is 49.9. The highest BCUT2D eigenvalue weighted by Crippen LogP contribution is 2.27. The molecule has 1 aliphatic heterocycles. The lowest BCUT2D eigenvalue weighted by Crippen LogP contribution is -2.49. The summed E-state index contributed by atoms with van der Waals surface area (Å²) in [5.41, 5.74) is 1.07. The molecule has 2 atom stereocenters. The molecule has 0 radical (unpaired) electrons. The highest BCUT2D eigenvalue weighted by atomic mass is 32.2. The molecule has 1 fully saturated rings. The van der Waals surface area contributed by atoms with E-state index in [1.54, 1.807) is 26.0 Å². The number of benzene rings is 1. The molecule has 0 spiro atoms. The minimum absolute atomic E-state index is 0.0970. The van der Waals surface area contributed by atoms with Gasteiger partial charge in [0.1, 0.15) is 6.54 Å². The molecule has 134 valence electrons. The molecular weight excluding hydrogens is 358 g/mol. The van der Waals surface area contributed by atoms with E-state index in [0.717, 1.165) is 0 Å². The van der Waals surface area contributed by atoms with Gasteiger partial charge in [0.2, 0.25) is 10.0 Å². The van der Waals surface area contributed by atoms with Crippen LogP contribution in [0.4, 0.5) is 0 Å². The second-order valence-electron chi connectivity index (χ2n) is 5.92. The van der Waals surface area contributed by atoms with Crippen LogP contribution in [0.15, 0.2) is 23.1 Å². The maximum Gasteiger partial charge on any atom is 0.318 e. The van der Waals surface area contributed by atoms with Gasteiger partial charge in [-0.1, -0.05) is 12.1 Å². The average Bonchev–Trinajstić information content (AvgIpc) is 2.71. The Morgan fingerprint density at radius 2 is 1.92 bits per heavy atom. The van der Waals surface area contributed by atoms with Crippen molar-refractivity contribution in [3.63, 3.8) is 0 Å². The fraction of sp³-hybridized carbons (Fsp3) is 0.500. The smallest absolute Gasteiger partial charge is 0.318 e. The summed E-state index contributed by atoms with van der Waals surface area (Å²) in [5.74, 6) is -2.62. The first-order valence-corrected chi connectivity index (χ1v) is 10.4. The number of hydrogen-bond donors (Lipinski definition) is 2. The average molecular weight is 377 g/mol. The van der Waals surface area contributed by atoms with Crippen LogP contribution in [-0.4, -0.2) is 67.5 Å². The zero-order valence-electron chi connectivity index (χ0n) is 13.2. The molecule has 24 heavy (non-hydrogen) atoms. The number of aliphatic hydroxyl groups excluding tert-OH is 1. The number of sulfone groups is 1. The summed E-state index contributed by atoms with van der Waals surface area (Å²) in [6, 6.07) is 3.37. The monoisotopic (exact) mass is 377 g/mol. The first-order valence-electron chi connectivity index (χ1n) is 7.13. The molecule has 10 heteroatoms. The van der Waals surface area contributed by atoms with Crippen LogP contribution in [0.25, 0.3) is 0 Å². The topological polar surface area (TPSA) is 129 Å². The molecule has 1 aromatic rings. The van der Waals surface area contributed by atoms with Crippen molar-refractivity contribution >= 4 is 25.8 Å². The second-order valence-corrected chi connectivity index (χ2v) is 9.94. The number of aryl methyl sites for hydroxylation is 2. The number of carboxylic acids is 1. The molecule has 2 rings (SSSR count). The Bertz CT molecular complexity index is 861. The largest absolute Gasteiger partial charge is 0.480 e. The van der Waals surface area contributed by atoms with Crippen molar-refractivity contribution in [2.24, 2.45) is 0 Å². The Morgan fingerprint density at radius 3 is 2.42 bits per heavy atom. The van der Waals surface area contributed by atoms with Gasteiger partial charge in [0.25, 0.3) is 0 Å². The van der Waals surface area contributed by atoms with Crippen LogP contribution in [0.5, 0.6) is 0 Å². The Labute approximate surface area is 140 Å². The van der Waals surface area contributed by atoms with Crippen LogP contribution in [0.2, 0.25) is 0 Å². The first kappa shape index (κ1) is 18.8. The van der Waals surface area contributed by atoms with Gasteiger partial charge in [-0.05, 0) is 31.0 Å². The molecule has 0 bridgehead atoms. The summed E-state index contributed by atoms with van der Waals surface area (Å²) in [6.07, 6.45) is -1.46. The quantitative estimate of drug-likeness (QED) is 0.710. The molecular formula is C14H19NO7S2. The second kappa shape index (κ2) is 6.43. The third-order valence-electron chi connectivity index (χ3n) is 3.88. The van der Waals surface area contributed by atoms with E-state index in [2.05, 4.69) is 0 Å². The number of carboxylic acid groups (broad SMARTS) is 1. The minimum atomic E-state index is -4.29. The normalized spacial score (nSPS) is 23.5. The molecule has 8 nitrogen and oxygen atoms in total. The van der Waals surface area contributed by atoms with Crippen molar-refractivity contribution < 1.29 is 31.8 Å². The van der Waals surface area contributed by atoms with Gasteiger partial charge < -0.3 is 10.2 Å². The number of aliphatic carboxylic acids is 1. The summed E-state index contributed by atoms with van der Waals surface area (Å²) in [6.45, 7) is 2.33. The van der Waals surface area contributed by atoms with Gasteiger partial charge in [-0.3, -0.25) is 4.79 Å². The van der Waals surface area contributed by atoms with Crippen LogP contribution in [0.3, 0.4) is 0 Å². The number of rotatable bonds is 5. The third kappa shape index (κ3) is 3.77. The van der Waals surface area contributed by atoms with Crippen LogP contribution in [-0.2, 0) is 24.7 Å². The lowest BCUT2D eigenvalue weighted by atomic mass is 10.2. The zero-order valence-corrected chi connectivity index (χ0v) is 14.8. The lowest BCUT2D eigenvalue weighted by Gasteiger charge is -2.28. The molecule has 1 aliphatic rings. The predicted molar refractivity (Wildman–Crippen MR) is 85.9 cm³/mol. The Hall–Kier alpha value is -1.49. The van der Waals surface area contributed by atoms with Gasteiger partial charge in [0.15, 0.2) is 9.84 Å². The number of aliphatic hydroxyl groups is 1. The molecule has 0 unspecified atom stereocenters. The number of sulfonamides is 1. The first-order chi connectivity index (χ1) is 10.9. The molecule has 1 aromatic carbocycles. The van der Waals surface area contributed by atoms with Crippen LogP contribution in [0.1, 0.15) is 11.1 Å². The molecule has 0 aromatic heterocycles. The van der Waals surface area contributed by atoms with Crippen LogP contribution >= 0.6 is 0 Å². The fourth-order valence-corrected chi connectivity index (χ4v) is 6.52. The van der Waals surface area contributed by atoms with Gasteiger partial charge in [-0.2, -0.15) is 4.31 Å². The molecule has 0 aliphatic carbocycles. The number of carbonyl (C=O) groups is 1. The Kier molecular flexibility index (Phi) is 5.05. The highest BCUT2D eigenvalue weighted by Gasteiger charge is 2.45. The third-order valence-corrected chi connectivity index (χ3v) is 7.60. The maximum atomic E-state index is 12.9. The SMILES string of the molecule is Cc1ccc(C)c(S(=O)(=O)N(CC(=O)O)[C@@H]2CS(=O)(=O)C[C@H]2O)c1. The summed E-state index contributed by atoms with van der Waals surface area (Å²) >= 11 is 0. The maximum absolute atomic E-state index is 12.9. The minimum Gasteiger partial charge on any atom is -0.480 e. The van der Waals surface area contributed by atoms with E-state index < -0.39 is 56.0 Å². The van der Waals surface area contributed by atoms with E-state index in [1.165, 1.54) is 6.07 Å². The van der Waals surface area contributed by atoms with E-state index >= 15 is 0 Å². The standard InChI is InChI=1S/C14H19NO7S2/c1-9-3-4-10(2)13(5-9)24(21,22)15(6-14(17)18)11-7-23(19,20)8-12(11)16/h3-5,11-12,16H,6-8H2,1-2H3,(H,17,18)/t11-,12-/m1/s1. The van der Waals surface area contributed by atoms with E-state index in [4.69, 9.17) is 5.11 Å². The van der Waals surface area contributed by atoms with Crippen LogP contribution < -0.4 is 0 Å². The van der Waals surface area contributed by atoms with Crippen molar-refractivity contribution in [1.29, 1.82) is 0 Å². The van der Waals surface area contributed by atoms with Crippen molar-refractivity contribution in [3.8, 4) is 0 Å². The van der Waals surface area contributed by atoms with Crippen LogP contribution in [0, 0.1) is 13.8 Å². The van der Waals surface area contributed by atoms with E-state index in [0.29, 0.717) is 15.4 Å². The molecule has 0 saturated carbocycles. The van der Waals surface area contributed by atoms with Crippen molar-refractivity contribution in [2.75, 3.05) is 18.1 Å². The lowest BCUT2D eigenvalue weighted by molar-refractivity contribution is -0.137. The molecule has 2 N–H and O–H groups in total. The molecule has 1 heterocycles. The van der Waals surface area contributed by atoms with Gasteiger partial charge in [-0.25, -0.2) is 16.8 Å². The zero-order chi connectivity index (χ0) is 18.3. The Morgan fingerprint density at radius 1 is 1.29 bits per heavy atom. The van der Waals surface area contributed by atoms with E-state index in [1.807, 2.05) is 0 Å².